The number of carbonyl (C=O) groups is 2. The Hall–Kier alpha value is -2.41. The maximum Gasteiger partial charge on any atom is 0.307 e. The third-order valence-corrected chi connectivity index (χ3v) is 4.11. The van der Waals surface area contributed by atoms with Crippen LogP contribution in [0.2, 0.25) is 0 Å². The molecule has 0 aliphatic carbocycles. The number of anilines is 1. The maximum absolute atomic E-state index is 12.0. The molecule has 1 aromatic carbocycles. The number of amides is 1. The number of hydrogen-bond acceptors (Lipinski definition) is 6. The largest absolute Gasteiger partial charge is 0.469 e. The Kier molecular flexibility index (Phi) is 6.10. The molecule has 0 unspecified atom stereocenters. The van der Waals surface area contributed by atoms with Crippen molar-refractivity contribution >= 4 is 28.3 Å². The number of rotatable bonds is 7. The fraction of sp³-hybridized carbons (Fsp3) is 0.312. The number of nitrogens with zero attached hydrogens (tertiary/aromatic N) is 2. The highest BCUT2D eigenvalue weighted by Crippen LogP contribution is 2.18. The molecule has 0 atom stereocenters. The van der Waals surface area contributed by atoms with Crippen LogP contribution in [0.25, 0.3) is 0 Å². The van der Waals surface area contributed by atoms with Crippen molar-refractivity contribution in [2.24, 2.45) is 0 Å². The Bertz CT molecular complexity index is 641. The molecule has 0 radical (unpaired) electrons. The summed E-state index contributed by atoms with van der Waals surface area (Å²) in [5.74, 6) is -0.542. The standard InChI is InChI=1S/C16H19N3O3S/c1-19(16-18-9-10-23-16)11-12-3-5-13(6-4-12)15(21)17-8-7-14(20)22-2/h3-6,9-10H,7-8,11H2,1-2H3,(H,17,21). The van der Waals surface area contributed by atoms with Crippen molar-refractivity contribution in [2.45, 2.75) is 13.0 Å². The molecular formula is C16H19N3O3S. The summed E-state index contributed by atoms with van der Waals surface area (Å²) in [6.45, 7) is 0.984. The molecule has 0 aliphatic heterocycles. The Labute approximate surface area is 139 Å². The molecule has 23 heavy (non-hydrogen) atoms. The van der Waals surface area contributed by atoms with Gasteiger partial charge in [0.25, 0.3) is 5.91 Å². The molecule has 0 saturated carbocycles. The van der Waals surface area contributed by atoms with Crippen LogP contribution < -0.4 is 10.2 Å². The van der Waals surface area contributed by atoms with Crippen LogP contribution in [0.15, 0.2) is 35.8 Å². The summed E-state index contributed by atoms with van der Waals surface area (Å²) in [6.07, 6.45) is 1.94. The van der Waals surface area contributed by atoms with Gasteiger partial charge >= 0.3 is 5.97 Å². The zero-order valence-corrected chi connectivity index (χ0v) is 13.9. The van der Waals surface area contributed by atoms with Gasteiger partial charge in [-0.1, -0.05) is 12.1 Å². The topological polar surface area (TPSA) is 71.5 Å². The molecule has 122 valence electrons. The van der Waals surface area contributed by atoms with Crippen molar-refractivity contribution in [3.63, 3.8) is 0 Å². The molecule has 0 saturated heterocycles. The quantitative estimate of drug-likeness (QED) is 0.786. The molecule has 1 N–H and O–H groups in total. The van der Waals surface area contributed by atoms with Gasteiger partial charge in [0.1, 0.15) is 0 Å². The van der Waals surface area contributed by atoms with E-state index in [9.17, 15) is 9.59 Å². The summed E-state index contributed by atoms with van der Waals surface area (Å²) in [6, 6.07) is 7.38. The highest BCUT2D eigenvalue weighted by Gasteiger charge is 2.08. The zero-order chi connectivity index (χ0) is 16.7. The number of methoxy groups -OCH3 is 1. The molecule has 1 heterocycles. The first-order valence-corrected chi connectivity index (χ1v) is 8.02. The van der Waals surface area contributed by atoms with E-state index in [4.69, 9.17) is 0 Å². The Morgan fingerprint density at radius 2 is 2.04 bits per heavy atom. The Morgan fingerprint density at radius 1 is 1.30 bits per heavy atom. The van der Waals surface area contributed by atoms with Gasteiger partial charge in [-0.2, -0.15) is 0 Å². The van der Waals surface area contributed by atoms with Gasteiger partial charge in [0.15, 0.2) is 5.13 Å². The fourth-order valence-corrected chi connectivity index (χ4v) is 2.60. The van der Waals surface area contributed by atoms with Crippen LogP contribution in [-0.4, -0.2) is 37.6 Å². The minimum Gasteiger partial charge on any atom is -0.469 e. The lowest BCUT2D eigenvalue weighted by atomic mass is 10.1. The monoisotopic (exact) mass is 333 g/mol. The first kappa shape index (κ1) is 17.0. The second kappa shape index (κ2) is 8.28. The zero-order valence-electron chi connectivity index (χ0n) is 13.1. The fourth-order valence-electron chi connectivity index (χ4n) is 1.99. The second-order valence-electron chi connectivity index (χ2n) is 4.95. The van der Waals surface area contributed by atoms with Crippen LogP contribution in [0, 0.1) is 0 Å². The molecule has 0 aliphatic rings. The molecule has 1 amide bonds. The van der Waals surface area contributed by atoms with Gasteiger partial charge in [-0.3, -0.25) is 9.59 Å². The lowest BCUT2D eigenvalue weighted by molar-refractivity contribution is -0.140. The van der Waals surface area contributed by atoms with Crippen molar-refractivity contribution in [2.75, 3.05) is 25.6 Å². The minimum absolute atomic E-state index is 0.166. The predicted molar refractivity (Wildman–Crippen MR) is 89.6 cm³/mol. The molecule has 0 spiro atoms. The van der Waals surface area contributed by atoms with E-state index in [1.54, 1.807) is 29.7 Å². The number of nitrogens with one attached hydrogen (secondary N) is 1. The van der Waals surface area contributed by atoms with Gasteiger partial charge in [-0.25, -0.2) is 4.98 Å². The van der Waals surface area contributed by atoms with Crippen LogP contribution in [0.5, 0.6) is 0 Å². The van der Waals surface area contributed by atoms with Gasteiger partial charge in [-0.15, -0.1) is 11.3 Å². The summed E-state index contributed by atoms with van der Waals surface area (Å²) >= 11 is 1.58. The summed E-state index contributed by atoms with van der Waals surface area (Å²) < 4.78 is 4.52. The van der Waals surface area contributed by atoms with E-state index in [0.29, 0.717) is 5.56 Å². The van der Waals surface area contributed by atoms with Crippen molar-refractivity contribution < 1.29 is 14.3 Å². The molecule has 0 bridgehead atoms. The van der Waals surface area contributed by atoms with Crippen molar-refractivity contribution in [1.29, 1.82) is 0 Å². The molecule has 2 aromatic rings. The van der Waals surface area contributed by atoms with Crippen LogP contribution >= 0.6 is 11.3 Å². The molecule has 2 rings (SSSR count). The van der Waals surface area contributed by atoms with Gasteiger partial charge < -0.3 is 15.0 Å². The smallest absolute Gasteiger partial charge is 0.307 e. The Balaban J connectivity index is 1.86. The van der Waals surface area contributed by atoms with Crippen LogP contribution in [0.3, 0.4) is 0 Å². The first-order chi connectivity index (χ1) is 11.1. The number of benzene rings is 1. The van der Waals surface area contributed by atoms with Gasteiger partial charge in [-0.05, 0) is 17.7 Å². The molecular weight excluding hydrogens is 314 g/mol. The lowest BCUT2D eigenvalue weighted by Crippen LogP contribution is -2.26. The normalized spacial score (nSPS) is 10.2. The summed E-state index contributed by atoms with van der Waals surface area (Å²) in [7, 11) is 3.30. The summed E-state index contributed by atoms with van der Waals surface area (Å²) in [5, 5.41) is 5.58. The number of esters is 1. The number of carbonyl (C=O) groups excluding carboxylic acids is 2. The van der Waals surface area contributed by atoms with Crippen LogP contribution in [-0.2, 0) is 16.1 Å². The molecule has 7 heteroatoms. The summed E-state index contributed by atoms with van der Waals surface area (Å²) in [5.41, 5.74) is 1.66. The highest BCUT2D eigenvalue weighted by molar-refractivity contribution is 7.13. The van der Waals surface area contributed by atoms with E-state index in [2.05, 4.69) is 19.9 Å². The average Bonchev–Trinajstić information content (AvgIpc) is 3.09. The first-order valence-electron chi connectivity index (χ1n) is 7.14. The third kappa shape index (κ3) is 5.07. The van der Waals surface area contributed by atoms with Crippen molar-refractivity contribution in [3.8, 4) is 0 Å². The SMILES string of the molecule is COC(=O)CCNC(=O)c1ccc(CN(C)c2nccs2)cc1. The van der Waals surface area contributed by atoms with E-state index < -0.39 is 0 Å². The van der Waals surface area contributed by atoms with Crippen molar-refractivity contribution in [1.82, 2.24) is 10.3 Å². The van der Waals surface area contributed by atoms with Crippen LogP contribution in [0.1, 0.15) is 22.3 Å². The van der Waals surface area contributed by atoms with Crippen LogP contribution in [0.4, 0.5) is 5.13 Å². The third-order valence-electron chi connectivity index (χ3n) is 3.22. The predicted octanol–water partition coefficient (Wildman–Crippen LogP) is 2.07. The maximum atomic E-state index is 12.0. The number of ether oxygens (including phenoxy) is 1. The van der Waals surface area contributed by atoms with E-state index in [0.717, 1.165) is 17.2 Å². The lowest BCUT2D eigenvalue weighted by Gasteiger charge is -2.15. The number of hydrogen-bond donors (Lipinski definition) is 1. The Morgan fingerprint density at radius 3 is 2.65 bits per heavy atom. The van der Waals surface area contributed by atoms with Gasteiger partial charge in [0.2, 0.25) is 0 Å². The van der Waals surface area contributed by atoms with E-state index in [1.165, 1.54) is 7.11 Å². The number of thiazole rings is 1. The highest BCUT2D eigenvalue weighted by atomic mass is 32.1. The van der Waals surface area contributed by atoms with Gasteiger partial charge in [0.05, 0.1) is 13.5 Å². The molecule has 1 aromatic heterocycles. The number of aromatic nitrogens is 1. The second-order valence-corrected chi connectivity index (χ2v) is 5.82. The van der Waals surface area contributed by atoms with E-state index in [1.807, 2.05) is 24.6 Å². The van der Waals surface area contributed by atoms with E-state index >= 15 is 0 Å². The molecule has 0 fully saturated rings. The van der Waals surface area contributed by atoms with Crippen molar-refractivity contribution in [3.05, 3.63) is 47.0 Å². The van der Waals surface area contributed by atoms with E-state index in [-0.39, 0.29) is 24.8 Å². The minimum atomic E-state index is -0.342. The van der Waals surface area contributed by atoms with Gasteiger partial charge in [0, 0.05) is 37.3 Å². The molecule has 6 nitrogen and oxygen atoms in total. The average molecular weight is 333 g/mol. The summed E-state index contributed by atoms with van der Waals surface area (Å²) in [4.78, 5) is 29.3.